The van der Waals surface area contributed by atoms with Gasteiger partial charge in [-0.1, -0.05) is 44.5 Å². The molecule has 0 saturated carbocycles. The maximum absolute atomic E-state index is 12.6. The molecule has 1 amide bonds. The van der Waals surface area contributed by atoms with Crippen molar-refractivity contribution < 1.29 is 4.79 Å². The molecule has 0 spiro atoms. The van der Waals surface area contributed by atoms with Crippen LogP contribution in [-0.2, 0) is 10.2 Å². The zero-order valence-corrected chi connectivity index (χ0v) is 11.5. The third-order valence-corrected chi connectivity index (χ3v) is 4.34. The van der Waals surface area contributed by atoms with Gasteiger partial charge in [-0.2, -0.15) is 0 Å². The SMILES string of the molecule is CCC1(C(C)C)C(=O)N(C)c2c(Cl)cccc21. The lowest BCUT2D eigenvalue weighted by molar-refractivity contribution is -0.124. The Bertz CT molecular complexity index is 469. The lowest BCUT2D eigenvalue weighted by atomic mass is 9.70. The van der Waals surface area contributed by atoms with Crippen molar-refractivity contribution in [1.29, 1.82) is 0 Å². The van der Waals surface area contributed by atoms with Crippen LogP contribution in [0.15, 0.2) is 18.2 Å². The molecule has 0 aliphatic carbocycles. The van der Waals surface area contributed by atoms with Crippen LogP contribution in [0.5, 0.6) is 0 Å². The van der Waals surface area contributed by atoms with E-state index in [2.05, 4.69) is 20.8 Å². The van der Waals surface area contributed by atoms with Gasteiger partial charge in [0.1, 0.15) is 0 Å². The zero-order valence-electron chi connectivity index (χ0n) is 10.7. The number of hydrogen-bond acceptors (Lipinski definition) is 1. The Morgan fingerprint density at radius 2 is 2.06 bits per heavy atom. The fourth-order valence-corrected chi connectivity index (χ4v) is 3.34. The average Bonchev–Trinajstić information content (AvgIpc) is 2.51. The number of carbonyl (C=O) groups excluding carboxylic acids is 1. The second-order valence-electron chi connectivity index (χ2n) is 4.98. The van der Waals surface area contributed by atoms with Crippen molar-refractivity contribution in [3.63, 3.8) is 0 Å². The summed E-state index contributed by atoms with van der Waals surface area (Å²) in [5.74, 6) is 0.431. The molecule has 0 fully saturated rings. The van der Waals surface area contributed by atoms with Gasteiger partial charge < -0.3 is 4.90 Å². The molecule has 1 atom stereocenters. The van der Waals surface area contributed by atoms with Gasteiger partial charge in [0.2, 0.25) is 5.91 Å². The van der Waals surface area contributed by atoms with E-state index in [9.17, 15) is 4.79 Å². The second kappa shape index (κ2) is 4.02. The molecule has 0 bridgehead atoms. The molecule has 1 aromatic carbocycles. The predicted molar refractivity (Wildman–Crippen MR) is 71.7 cm³/mol. The molecule has 1 heterocycles. The van der Waals surface area contributed by atoms with Crippen molar-refractivity contribution in [2.24, 2.45) is 5.92 Å². The highest BCUT2D eigenvalue weighted by molar-refractivity contribution is 6.35. The van der Waals surface area contributed by atoms with E-state index >= 15 is 0 Å². The number of rotatable bonds is 2. The van der Waals surface area contributed by atoms with Gasteiger partial charge in [-0.15, -0.1) is 0 Å². The minimum atomic E-state index is -0.408. The Kier molecular flexibility index (Phi) is 2.94. The normalized spacial score (nSPS) is 23.4. The van der Waals surface area contributed by atoms with Gasteiger partial charge in [-0.3, -0.25) is 4.79 Å². The molecule has 2 rings (SSSR count). The number of benzene rings is 1. The van der Waals surface area contributed by atoms with E-state index in [0.717, 1.165) is 17.7 Å². The van der Waals surface area contributed by atoms with Crippen molar-refractivity contribution in [1.82, 2.24) is 0 Å². The summed E-state index contributed by atoms with van der Waals surface area (Å²) in [4.78, 5) is 14.3. The number of amides is 1. The molecule has 92 valence electrons. The first-order valence-corrected chi connectivity index (χ1v) is 6.41. The highest BCUT2D eigenvalue weighted by Crippen LogP contribution is 2.50. The van der Waals surface area contributed by atoms with Gasteiger partial charge in [0.15, 0.2) is 0 Å². The third kappa shape index (κ3) is 1.43. The Morgan fingerprint density at radius 1 is 1.41 bits per heavy atom. The summed E-state index contributed by atoms with van der Waals surface area (Å²) in [6, 6.07) is 5.81. The number of likely N-dealkylation sites (N-methyl/N-ethyl adjacent to an activating group) is 1. The van der Waals surface area contributed by atoms with E-state index in [4.69, 9.17) is 11.6 Å². The maximum atomic E-state index is 12.6. The third-order valence-electron chi connectivity index (χ3n) is 4.03. The van der Waals surface area contributed by atoms with Crippen LogP contribution >= 0.6 is 11.6 Å². The van der Waals surface area contributed by atoms with Crippen molar-refractivity contribution in [3.8, 4) is 0 Å². The van der Waals surface area contributed by atoms with Crippen LogP contribution in [0, 0.1) is 5.92 Å². The van der Waals surface area contributed by atoms with E-state index in [1.54, 1.807) is 4.90 Å². The number of halogens is 1. The highest BCUT2D eigenvalue weighted by Gasteiger charge is 2.50. The van der Waals surface area contributed by atoms with E-state index in [1.165, 1.54) is 0 Å². The number of anilines is 1. The van der Waals surface area contributed by atoms with Crippen LogP contribution in [0.3, 0.4) is 0 Å². The second-order valence-corrected chi connectivity index (χ2v) is 5.39. The van der Waals surface area contributed by atoms with Crippen LogP contribution in [0.4, 0.5) is 5.69 Å². The van der Waals surface area contributed by atoms with E-state index in [1.807, 2.05) is 25.2 Å². The summed E-state index contributed by atoms with van der Waals surface area (Å²) in [6.07, 6.45) is 0.807. The number of hydrogen-bond donors (Lipinski definition) is 0. The number of nitrogens with zero attached hydrogens (tertiary/aromatic N) is 1. The molecule has 2 nitrogen and oxygen atoms in total. The van der Waals surface area contributed by atoms with Crippen LogP contribution in [0.25, 0.3) is 0 Å². The summed E-state index contributed by atoms with van der Waals surface area (Å²) in [5, 5.41) is 0.661. The Morgan fingerprint density at radius 3 is 2.59 bits per heavy atom. The summed E-state index contributed by atoms with van der Waals surface area (Å²) < 4.78 is 0. The average molecular weight is 252 g/mol. The van der Waals surface area contributed by atoms with E-state index < -0.39 is 5.41 Å². The molecule has 3 heteroatoms. The van der Waals surface area contributed by atoms with Crippen LogP contribution in [0.2, 0.25) is 5.02 Å². The van der Waals surface area contributed by atoms with Gasteiger partial charge in [0.05, 0.1) is 16.1 Å². The fraction of sp³-hybridized carbons (Fsp3) is 0.500. The predicted octanol–water partition coefficient (Wildman–Crippen LogP) is 3.62. The summed E-state index contributed by atoms with van der Waals surface area (Å²) in [7, 11) is 1.81. The lowest BCUT2D eigenvalue weighted by Gasteiger charge is -2.31. The first-order chi connectivity index (χ1) is 7.96. The molecule has 0 radical (unpaired) electrons. The Hall–Kier alpha value is -1.02. The molecule has 17 heavy (non-hydrogen) atoms. The summed E-state index contributed by atoms with van der Waals surface area (Å²) >= 11 is 6.22. The number of fused-ring (bicyclic) bond motifs is 1. The monoisotopic (exact) mass is 251 g/mol. The van der Waals surface area contributed by atoms with Crippen molar-refractivity contribution in [2.45, 2.75) is 32.6 Å². The van der Waals surface area contributed by atoms with Gasteiger partial charge >= 0.3 is 0 Å². The lowest BCUT2D eigenvalue weighted by Crippen LogP contribution is -2.42. The van der Waals surface area contributed by atoms with Crippen LogP contribution in [-0.4, -0.2) is 13.0 Å². The van der Waals surface area contributed by atoms with Gasteiger partial charge in [0, 0.05) is 7.05 Å². The fourth-order valence-electron chi connectivity index (χ4n) is 3.04. The van der Waals surface area contributed by atoms with Crippen molar-refractivity contribution in [2.75, 3.05) is 11.9 Å². The van der Waals surface area contributed by atoms with Crippen molar-refractivity contribution in [3.05, 3.63) is 28.8 Å². The molecule has 1 aromatic rings. The zero-order chi connectivity index (χ0) is 12.8. The quantitative estimate of drug-likeness (QED) is 0.786. The first kappa shape index (κ1) is 12.4. The Balaban J connectivity index is 2.75. The standard InChI is InChI=1S/C14H18ClNO/c1-5-14(9(2)3)10-7-6-8-11(15)12(10)16(4)13(14)17/h6-9H,5H2,1-4H3. The number of carbonyl (C=O) groups is 1. The molecule has 0 saturated heterocycles. The molecule has 1 aliphatic heterocycles. The largest absolute Gasteiger partial charge is 0.313 e. The van der Waals surface area contributed by atoms with E-state index in [-0.39, 0.29) is 11.8 Å². The number of para-hydroxylation sites is 1. The summed E-state index contributed by atoms with van der Waals surface area (Å²) in [6.45, 7) is 6.28. The molecule has 1 aliphatic rings. The minimum absolute atomic E-state index is 0.165. The molecular formula is C14H18ClNO. The molecule has 1 unspecified atom stereocenters. The first-order valence-electron chi connectivity index (χ1n) is 6.04. The van der Waals surface area contributed by atoms with Crippen LogP contribution < -0.4 is 4.90 Å². The molecular weight excluding hydrogens is 234 g/mol. The summed E-state index contributed by atoms with van der Waals surface area (Å²) in [5.41, 5.74) is 1.55. The van der Waals surface area contributed by atoms with E-state index in [0.29, 0.717) is 5.02 Å². The molecule has 0 aromatic heterocycles. The van der Waals surface area contributed by atoms with Gasteiger partial charge in [-0.05, 0) is 24.0 Å². The maximum Gasteiger partial charge on any atom is 0.237 e. The smallest absolute Gasteiger partial charge is 0.237 e. The molecule has 0 N–H and O–H groups in total. The van der Waals surface area contributed by atoms with Gasteiger partial charge in [0.25, 0.3) is 0 Å². The van der Waals surface area contributed by atoms with Crippen molar-refractivity contribution >= 4 is 23.2 Å². The van der Waals surface area contributed by atoms with Crippen LogP contribution in [0.1, 0.15) is 32.8 Å². The van der Waals surface area contributed by atoms with Gasteiger partial charge in [-0.25, -0.2) is 0 Å². The topological polar surface area (TPSA) is 20.3 Å². The Labute approximate surface area is 108 Å². The highest BCUT2D eigenvalue weighted by atomic mass is 35.5. The minimum Gasteiger partial charge on any atom is -0.313 e.